The van der Waals surface area contributed by atoms with E-state index in [-0.39, 0.29) is 31.0 Å². The van der Waals surface area contributed by atoms with Crippen LogP contribution < -0.4 is 0 Å². The minimum absolute atomic E-state index is 0.127. The Morgan fingerprint density at radius 3 is 2.28 bits per heavy atom. The summed E-state index contributed by atoms with van der Waals surface area (Å²) < 4.78 is 24.7. The lowest BCUT2D eigenvalue weighted by Crippen LogP contribution is -2.35. The third kappa shape index (κ3) is 6.31. The van der Waals surface area contributed by atoms with Crippen LogP contribution in [0.3, 0.4) is 0 Å². The lowest BCUT2D eigenvalue weighted by atomic mass is 9.87. The summed E-state index contributed by atoms with van der Waals surface area (Å²) in [5.74, 6) is -0.555. The first kappa shape index (κ1) is 25.7. The first-order chi connectivity index (χ1) is 17.6. The number of hydrogen-bond donors (Lipinski definition) is 2. The van der Waals surface area contributed by atoms with Gasteiger partial charge in [-0.15, -0.1) is 0 Å². The molecule has 0 radical (unpaired) electrons. The Labute approximate surface area is 213 Å². The van der Waals surface area contributed by atoms with Gasteiger partial charge in [0, 0.05) is 31.3 Å². The zero-order valence-electron chi connectivity index (χ0n) is 21.1. The highest BCUT2D eigenvalue weighted by Crippen LogP contribution is 2.44. The van der Waals surface area contributed by atoms with E-state index in [4.69, 9.17) is 18.9 Å². The Kier molecular flexibility index (Phi) is 8.62. The number of hydrogen-bond acceptors (Lipinski definition) is 6. The normalized spacial score (nSPS) is 33.4. The number of fused-ring (bicyclic) bond motifs is 1. The lowest BCUT2D eigenvalue weighted by molar-refractivity contribution is -0.201. The first-order valence-electron chi connectivity index (χ1n) is 13.8. The fraction of sp³-hybridized carbons (Fsp3) is 0.690. The molecule has 7 heteroatoms. The monoisotopic (exact) mass is 500 g/mol. The van der Waals surface area contributed by atoms with E-state index in [1.165, 1.54) is 11.1 Å². The highest BCUT2D eigenvalue weighted by atomic mass is 16.7. The van der Waals surface area contributed by atoms with Gasteiger partial charge in [-0.25, -0.2) is 0 Å². The number of aliphatic hydroxyl groups is 1. The Morgan fingerprint density at radius 1 is 1.00 bits per heavy atom. The molecule has 2 aliphatic heterocycles. The molecule has 2 unspecified atom stereocenters. The second-order valence-corrected chi connectivity index (χ2v) is 10.9. The van der Waals surface area contributed by atoms with Crippen molar-refractivity contribution in [3.63, 3.8) is 0 Å². The van der Waals surface area contributed by atoms with Crippen LogP contribution in [-0.4, -0.2) is 54.2 Å². The minimum atomic E-state index is -0.918. The number of benzene rings is 1. The van der Waals surface area contributed by atoms with E-state index in [9.17, 15) is 15.0 Å². The van der Waals surface area contributed by atoms with Gasteiger partial charge in [0.2, 0.25) is 0 Å². The smallest absolute Gasteiger partial charge is 0.303 e. The maximum atomic E-state index is 11.8. The third-order valence-corrected chi connectivity index (χ3v) is 8.23. The molecule has 4 aliphatic rings. The number of carboxylic acid groups (broad SMARTS) is 1. The van der Waals surface area contributed by atoms with Crippen molar-refractivity contribution in [3.8, 4) is 0 Å². The Morgan fingerprint density at radius 2 is 1.67 bits per heavy atom. The van der Waals surface area contributed by atoms with E-state index in [1.807, 2.05) is 0 Å². The Bertz CT molecular complexity index is 878. The van der Waals surface area contributed by atoms with Gasteiger partial charge in [0.15, 0.2) is 12.6 Å². The maximum absolute atomic E-state index is 11.8. The van der Waals surface area contributed by atoms with Gasteiger partial charge in [0.25, 0.3) is 0 Å². The number of ether oxygens (including phenoxy) is 4. The fourth-order valence-corrected chi connectivity index (χ4v) is 6.41. The average molecular weight is 501 g/mol. The van der Waals surface area contributed by atoms with Crippen molar-refractivity contribution in [1.29, 1.82) is 0 Å². The predicted molar refractivity (Wildman–Crippen MR) is 133 cm³/mol. The summed E-state index contributed by atoms with van der Waals surface area (Å²) in [6.07, 6.45) is 9.24. The Balaban J connectivity index is 1.38. The van der Waals surface area contributed by atoms with Gasteiger partial charge in [-0.1, -0.05) is 24.3 Å². The van der Waals surface area contributed by atoms with Crippen molar-refractivity contribution in [3.05, 3.63) is 47.2 Å². The standard InChI is InChI=1S/C29H40O7/c30-23-18-25(36-28-10-4-6-14-34-28)29(22(23)17-26(31)32)24(35-27-9-3-5-13-33-27)12-11-19-15-20-7-1-2-8-21(20)16-19/h1-2,7-8,12,19,22-23,25,27-30H,3-6,9-11,13-18H2,(H,31,32)/t22-,23-,25-,27?,28?,29-/m0/s1. The molecule has 0 amide bonds. The van der Waals surface area contributed by atoms with Crippen LogP contribution in [0.2, 0.25) is 0 Å². The molecule has 2 N–H and O–H groups in total. The number of carboxylic acids is 1. The van der Waals surface area contributed by atoms with Crippen molar-refractivity contribution >= 4 is 5.97 Å². The van der Waals surface area contributed by atoms with E-state index in [1.54, 1.807) is 0 Å². The summed E-state index contributed by atoms with van der Waals surface area (Å²) in [6, 6.07) is 8.60. The number of allylic oxidation sites excluding steroid dienone is 1. The second kappa shape index (κ2) is 12.1. The van der Waals surface area contributed by atoms with Gasteiger partial charge in [-0.05, 0) is 74.5 Å². The molecule has 0 spiro atoms. The largest absolute Gasteiger partial charge is 0.481 e. The van der Waals surface area contributed by atoms with Crippen molar-refractivity contribution < 1.29 is 34.0 Å². The predicted octanol–water partition coefficient (Wildman–Crippen LogP) is 4.60. The van der Waals surface area contributed by atoms with Gasteiger partial charge >= 0.3 is 5.97 Å². The van der Waals surface area contributed by atoms with E-state index in [0.29, 0.717) is 25.6 Å². The molecule has 1 saturated carbocycles. The van der Waals surface area contributed by atoms with Crippen LogP contribution in [0.1, 0.15) is 68.9 Å². The molecular weight excluding hydrogens is 460 g/mol. The van der Waals surface area contributed by atoms with E-state index < -0.39 is 18.0 Å². The van der Waals surface area contributed by atoms with Crippen LogP contribution in [0, 0.1) is 17.8 Å². The van der Waals surface area contributed by atoms with Crippen LogP contribution >= 0.6 is 0 Å². The summed E-state index contributed by atoms with van der Waals surface area (Å²) in [5.41, 5.74) is 2.81. The van der Waals surface area contributed by atoms with Crippen LogP contribution in [0.5, 0.6) is 0 Å². The van der Waals surface area contributed by atoms with Gasteiger partial charge < -0.3 is 29.2 Å². The topological polar surface area (TPSA) is 94.5 Å². The highest BCUT2D eigenvalue weighted by Gasteiger charge is 2.48. The quantitative estimate of drug-likeness (QED) is 0.479. The van der Waals surface area contributed by atoms with Crippen LogP contribution in [0.25, 0.3) is 0 Å². The molecule has 6 atom stereocenters. The summed E-state index contributed by atoms with van der Waals surface area (Å²) in [6.45, 7) is 1.33. The summed E-state index contributed by atoms with van der Waals surface area (Å²) >= 11 is 0. The number of carbonyl (C=O) groups is 1. The summed E-state index contributed by atoms with van der Waals surface area (Å²) in [7, 11) is 0. The van der Waals surface area contributed by atoms with Gasteiger partial charge in [0.1, 0.15) is 5.76 Å². The van der Waals surface area contributed by atoms with Gasteiger partial charge in [-0.3, -0.25) is 4.79 Å². The molecule has 1 aromatic carbocycles. The van der Waals surface area contributed by atoms with Crippen LogP contribution in [-0.2, 0) is 36.6 Å². The van der Waals surface area contributed by atoms with Crippen molar-refractivity contribution in [2.24, 2.45) is 17.8 Å². The zero-order chi connectivity index (χ0) is 24.9. The Hall–Kier alpha value is -1.93. The summed E-state index contributed by atoms with van der Waals surface area (Å²) in [5, 5.41) is 20.6. The van der Waals surface area contributed by atoms with Crippen molar-refractivity contribution in [1.82, 2.24) is 0 Å². The summed E-state index contributed by atoms with van der Waals surface area (Å²) in [4.78, 5) is 11.8. The molecular formula is C29H40O7. The number of aliphatic carboxylic acids is 1. The second-order valence-electron chi connectivity index (χ2n) is 10.9. The van der Waals surface area contributed by atoms with Crippen LogP contribution in [0.15, 0.2) is 36.1 Å². The molecule has 3 fully saturated rings. The van der Waals surface area contributed by atoms with E-state index in [2.05, 4.69) is 30.3 Å². The molecule has 198 valence electrons. The van der Waals surface area contributed by atoms with Gasteiger partial charge in [0.05, 0.1) is 25.2 Å². The SMILES string of the molecule is O=C(O)C[C@@H]1[C@@H](C(=CCC2Cc3ccccc3C2)OC2CCCCO2)[C@@H](OC2CCCCO2)C[C@@H]1O. The molecule has 2 saturated heterocycles. The molecule has 36 heavy (non-hydrogen) atoms. The third-order valence-electron chi connectivity index (χ3n) is 8.23. The highest BCUT2D eigenvalue weighted by molar-refractivity contribution is 5.67. The average Bonchev–Trinajstić information content (AvgIpc) is 3.43. The first-order valence-corrected chi connectivity index (χ1v) is 13.8. The van der Waals surface area contributed by atoms with Crippen molar-refractivity contribution in [2.45, 2.75) is 95.4 Å². The lowest BCUT2D eigenvalue weighted by Gasteiger charge is -2.34. The van der Waals surface area contributed by atoms with E-state index >= 15 is 0 Å². The number of rotatable bonds is 9. The zero-order valence-corrected chi connectivity index (χ0v) is 21.1. The molecule has 0 bridgehead atoms. The number of aliphatic hydroxyl groups excluding tert-OH is 1. The molecule has 1 aromatic rings. The molecule has 5 rings (SSSR count). The molecule has 7 nitrogen and oxygen atoms in total. The van der Waals surface area contributed by atoms with Crippen LogP contribution in [0.4, 0.5) is 0 Å². The fourth-order valence-electron chi connectivity index (χ4n) is 6.41. The molecule has 2 heterocycles. The maximum Gasteiger partial charge on any atom is 0.303 e. The molecule has 2 aliphatic carbocycles. The van der Waals surface area contributed by atoms with Crippen molar-refractivity contribution in [2.75, 3.05) is 13.2 Å². The minimum Gasteiger partial charge on any atom is -0.481 e. The van der Waals surface area contributed by atoms with E-state index in [0.717, 1.165) is 63.5 Å². The van der Waals surface area contributed by atoms with Gasteiger partial charge in [-0.2, -0.15) is 0 Å². The molecule has 0 aromatic heterocycles.